The van der Waals surface area contributed by atoms with Gasteiger partial charge in [0, 0.05) is 21.9 Å². The van der Waals surface area contributed by atoms with Gasteiger partial charge in [-0.1, -0.05) is 109 Å². The van der Waals surface area contributed by atoms with E-state index in [9.17, 15) is 4.57 Å². The molecule has 2 nitrogen and oxygen atoms in total. The summed E-state index contributed by atoms with van der Waals surface area (Å²) in [6, 6.07) is 36.4. The van der Waals surface area contributed by atoms with E-state index in [-0.39, 0.29) is 5.78 Å². The summed E-state index contributed by atoms with van der Waals surface area (Å²) < 4.78 is 14.6. The molecule has 4 aromatic carbocycles. The molecule has 1 unspecified atom stereocenters. The first-order valence-electron chi connectivity index (χ1n) is 10.2. The lowest BCUT2D eigenvalue weighted by molar-refractivity contribution is 0.582. The van der Waals surface area contributed by atoms with E-state index in [1.54, 1.807) is 0 Å². The summed E-state index contributed by atoms with van der Waals surface area (Å²) in [5.74, 6) is -0.270. The molecule has 0 aliphatic rings. The van der Waals surface area contributed by atoms with Crippen LogP contribution < -0.4 is 15.9 Å². The monoisotopic (exact) mass is 411 g/mol. The summed E-state index contributed by atoms with van der Waals surface area (Å²) in [5.41, 5.74) is 4.47. The summed E-state index contributed by atoms with van der Waals surface area (Å²) in [5, 5.41) is 5.33. The van der Waals surface area contributed by atoms with E-state index in [0.717, 1.165) is 27.4 Å². The highest BCUT2D eigenvalue weighted by Crippen LogP contribution is 2.49. The second-order valence-electron chi connectivity index (χ2n) is 7.56. The van der Waals surface area contributed by atoms with Gasteiger partial charge in [0.25, 0.3) is 0 Å². The number of aryl methyl sites for hydroxylation is 1. The molecule has 0 saturated heterocycles. The number of para-hydroxylation sites is 1. The zero-order valence-electron chi connectivity index (χ0n) is 17.3. The van der Waals surface area contributed by atoms with Gasteiger partial charge in [0.2, 0.25) is 0 Å². The molecule has 0 radical (unpaired) electrons. The first kappa shape index (κ1) is 20.2. The van der Waals surface area contributed by atoms with Crippen molar-refractivity contribution in [3.8, 4) is 11.1 Å². The van der Waals surface area contributed by atoms with Gasteiger partial charge in [0.05, 0.1) is 5.78 Å². The van der Waals surface area contributed by atoms with Crippen molar-refractivity contribution in [1.82, 2.24) is 0 Å². The van der Waals surface area contributed by atoms with Crippen LogP contribution in [0.2, 0.25) is 0 Å². The van der Waals surface area contributed by atoms with E-state index in [1.807, 2.05) is 79.7 Å². The third-order valence-corrected chi connectivity index (χ3v) is 8.83. The van der Waals surface area contributed by atoms with Crippen LogP contribution in [-0.2, 0) is 4.57 Å². The number of anilines is 1. The average molecular weight is 411 g/mol. The summed E-state index contributed by atoms with van der Waals surface area (Å²) in [6.07, 6.45) is 0. The zero-order valence-corrected chi connectivity index (χ0v) is 18.2. The number of hydrogen-bond donors (Lipinski definition) is 1. The van der Waals surface area contributed by atoms with Crippen LogP contribution in [0, 0.1) is 6.92 Å². The Morgan fingerprint density at radius 1 is 0.667 bits per heavy atom. The molecule has 3 heteroatoms. The molecule has 0 saturated carbocycles. The van der Waals surface area contributed by atoms with Crippen molar-refractivity contribution in [3.63, 3.8) is 0 Å². The molecule has 0 aromatic heterocycles. The molecule has 0 aliphatic heterocycles. The van der Waals surface area contributed by atoms with Crippen LogP contribution >= 0.6 is 7.14 Å². The van der Waals surface area contributed by atoms with Crippen LogP contribution in [0.1, 0.15) is 12.5 Å². The Labute approximate surface area is 179 Å². The van der Waals surface area contributed by atoms with E-state index in [1.165, 1.54) is 5.56 Å². The average Bonchev–Trinajstić information content (AvgIpc) is 2.80. The van der Waals surface area contributed by atoms with Crippen molar-refractivity contribution in [2.24, 2.45) is 0 Å². The first-order chi connectivity index (χ1) is 14.6. The van der Waals surface area contributed by atoms with Crippen LogP contribution in [0.3, 0.4) is 0 Å². The Morgan fingerprint density at radius 2 is 1.17 bits per heavy atom. The molecule has 150 valence electrons. The van der Waals surface area contributed by atoms with Gasteiger partial charge in [0.1, 0.15) is 0 Å². The van der Waals surface area contributed by atoms with Crippen molar-refractivity contribution < 1.29 is 4.57 Å². The van der Waals surface area contributed by atoms with Crippen molar-refractivity contribution in [1.29, 1.82) is 0 Å². The quantitative estimate of drug-likeness (QED) is 0.370. The molecule has 30 heavy (non-hydrogen) atoms. The second kappa shape index (κ2) is 8.73. The largest absolute Gasteiger partial charge is 0.375 e. The Kier molecular flexibility index (Phi) is 5.88. The summed E-state index contributed by atoms with van der Waals surface area (Å²) in [4.78, 5) is 0. The lowest BCUT2D eigenvalue weighted by Crippen LogP contribution is -2.29. The van der Waals surface area contributed by atoms with Gasteiger partial charge in [-0.3, -0.25) is 0 Å². The van der Waals surface area contributed by atoms with Gasteiger partial charge in [-0.05, 0) is 25.5 Å². The van der Waals surface area contributed by atoms with Gasteiger partial charge in [-0.15, -0.1) is 0 Å². The van der Waals surface area contributed by atoms with E-state index < -0.39 is 7.14 Å². The fraction of sp³-hybridized carbons (Fsp3) is 0.111. The van der Waals surface area contributed by atoms with E-state index in [0.29, 0.717) is 0 Å². The topological polar surface area (TPSA) is 29.1 Å². The Bertz CT molecular complexity index is 1110. The summed E-state index contributed by atoms with van der Waals surface area (Å²) >= 11 is 0. The Hall–Kier alpha value is -3.09. The molecule has 1 N–H and O–H groups in total. The molecule has 4 aromatic rings. The second-order valence-corrected chi connectivity index (χ2v) is 10.7. The van der Waals surface area contributed by atoms with E-state index >= 15 is 0 Å². The maximum Gasteiger partial charge on any atom is 0.163 e. The first-order valence-corrected chi connectivity index (χ1v) is 12.0. The highest BCUT2D eigenvalue weighted by molar-refractivity contribution is 7.79. The zero-order chi connectivity index (χ0) is 21.0. The molecule has 0 bridgehead atoms. The van der Waals surface area contributed by atoms with Crippen molar-refractivity contribution in [3.05, 3.63) is 115 Å². The van der Waals surface area contributed by atoms with Gasteiger partial charge in [-0.25, -0.2) is 0 Å². The maximum atomic E-state index is 14.6. The molecule has 0 spiro atoms. The fourth-order valence-corrected chi connectivity index (χ4v) is 6.55. The highest BCUT2D eigenvalue weighted by Gasteiger charge is 2.34. The minimum Gasteiger partial charge on any atom is -0.375 e. The number of rotatable bonds is 6. The van der Waals surface area contributed by atoms with Gasteiger partial charge < -0.3 is 9.88 Å². The summed E-state index contributed by atoms with van der Waals surface area (Å²) in [7, 11) is -2.91. The third-order valence-electron chi connectivity index (χ3n) is 5.48. The van der Waals surface area contributed by atoms with E-state index in [2.05, 4.69) is 48.6 Å². The normalized spacial score (nSPS) is 12.3. The fourth-order valence-electron chi connectivity index (χ4n) is 3.80. The van der Waals surface area contributed by atoms with Crippen LogP contribution in [-0.4, -0.2) is 5.78 Å². The predicted octanol–water partition coefficient (Wildman–Crippen LogP) is 6.43. The van der Waals surface area contributed by atoms with Crippen LogP contribution in [0.4, 0.5) is 5.69 Å². The molecule has 0 fully saturated rings. The number of nitrogens with one attached hydrogen (secondary N) is 1. The minimum atomic E-state index is -2.91. The van der Waals surface area contributed by atoms with Crippen molar-refractivity contribution >= 4 is 23.4 Å². The predicted molar refractivity (Wildman–Crippen MR) is 129 cm³/mol. The Balaban J connectivity index is 1.76. The molecule has 0 aliphatic carbocycles. The molecular formula is C27H26NOP. The third kappa shape index (κ3) is 3.97. The van der Waals surface area contributed by atoms with Crippen LogP contribution in [0.15, 0.2) is 109 Å². The van der Waals surface area contributed by atoms with Crippen LogP contribution in [0.25, 0.3) is 11.1 Å². The van der Waals surface area contributed by atoms with Gasteiger partial charge in [0.15, 0.2) is 7.14 Å². The lowest BCUT2D eigenvalue weighted by Gasteiger charge is -2.28. The van der Waals surface area contributed by atoms with Crippen molar-refractivity contribution in [2.75, 3.05) is 5.32 Å². The standard InChI is InChI=1S/C27H26NOP/c1-21-17-19-23(20-18-21)26-15-9-10-16-27(26)28-22(2)30(29,24-11-5-3-6-12-24)25-13-7-4-8-14-25/h3-20,22,28H,1-2H3. The molecule has 0 heterocycles. The molecule has 0 amide bonds. The van der Waals surface area contributed by atoms with Gasteiger partial charge in [-0.2, -0.15) is 0 Å². The molecular weight excluding hydrogens is 385 g/mol. The Morgan fingerprint density at radius 3 is 1.73 bits per heavy atom. The van der Waals surface area contributed by atoms with Crippen molar-refractivity contribution in [2.45, 2.75) is 19.6 Å². The molecule has 4 rings (SSSR count). The van der Waals surface area contributed by atoms with Crippen LogP contribution in [0.5, 0.6) is 0 Å². The lowest BCUT2D eigenvalue weighted by atomic mass is 10.0. The maximum absolute atomic E-state index is 14.6. The summed E-state index contributed by atoms with van der Waals surface area (Å²) in [6.45, 7) is 4.11. The SMILES string of the molecule is Cc1ccc(-c2ccccc2NC(C)P(=O)(c2ccccc2)c2ccccc2)cc1. The number of hydrogen-bond acceptors (Lipinski definition) is 2. The smallest absolute Gasteiger partial charge is 0.163 e. The highest BCUT2D eigenvalue weighted by atomic mass is 31.2. The van der Waals surface area contributed by atoms with E-state index in [4.69, 9.17) is 0 Å². The minimum absolute atomic E-state index is 0.270. The number of benzene rings is 4. The molecule has 1 atom stereocenters. The van der Waals surface area contributed by atoms with Gasteiger partial charge >= 0.3 is 0 Å².